The Morgan fingerprint density at radius 3 is 2.57 bits per heavy atom. The first kappa shape index (κ1) is 23.2. The van der Waals surface area contributed by atoms with Gasteiger partial charge in [-0.25, -0.2) is 4.99 Å². The number of aromatic nitrogens is 1. The van der Waals surface area contributed by atoms with Gasteiger partial charge >= 0.3 is 5.97 Å². The van der Waals surface area contributed by atoms with Crippen molar-refractivity contribution >= 4 is 29.1 Å². The quantitative estimate of drug-likeness (QED) is 0.305. The molecule has 0 saturated carbocycles. The second kappa shape index (κ2) is 9.33. The molecule has 1 atom stereocenters. The molecule has 1 aromatic heterocycles. The second-order valence-electron chi connectivity index (χ2n) is 9.02. The average molecular weight is 509 g/mol. The van der Waals surface area contributed by atoms with E-state index < -0.39 is 0 Å². The zero-order valence-electron chi connectivity index (χ0n) is 20.4. The molecular formula is C30H24N2O4S. The van der Waals surface area contributed by atoms with Gasteiger partial charge in [0.1, 0.15) is 11.5 Å². The first-order valence-electron chi connectivity index (χ1n) is 12.1. The molecule has 6 rings (SSSR count). The Kier molecular flexibility index (Phi) is 5.85. The van der Waals surface area contributed by atoms with Crippen LogP contribution in [0.25, 0.3) is 11.8 Å². The largest absolute Gasteiger partial charge is 0.496 e. The number of aryl methyl sites for hydroxylation is 1. The number of methoxy groups -OCH3 is 1. The molecule has 2 heterocycles. The van der Waals surface area contributed by atoms with Gasteiger partial charge in [0.25, 0.3) is 5.56 Å². The monoisotopic (exact) mass is 508 g/mol. The Morgan fingerprint density at radius 2 is 1.78 bits per heavy atom. The fraction of sp³-hybridized carbons (Fsp3) is 0.167. The van der Waals surface area contributed by atoms with Crippen molar-refractivity contribution in [1.29, 1.82) is 0 Å². The summed E-state index contributed by atoms with van der Waals surface area (Å²) >= 11 is 1.38. The molecule has 37 heavy (non-hydrogen) atoms. The van der Waals surface area contributed by atoms with Crippen LogP contribution in [-0.4, -0.2) is 17.6 Å². The lowest BCUT2D eigenvalue weighted by atomic mass is 9.83. The molecule has 3 aromatic carbocycles. The second-order valence-corrected chi connectivity index (χ2v) is 10.0. The minimum atomic E-state index is -0.372. The number of carbonyl (C=O) groups excluding carboxylic acids is 1. The number of nitrogens with zero attached hydrogens (tertiary/aromatic N) is 2. The van der Waals surface area contributed by atoms with E-state index in [1.54, 1.807) is 19.2 Å². The van der Waals surface area contributed by atoms with Gasteiger partial charge in [-0.3, -0.25) is 14.2 Å². The highest BCUT2D eigenvalue weighted by atomic mass is 32.1. The van der Waals surface area contributed by atoms with Gasteiger partial charge in [-0.15, -0.1) is 0 Å². The zero-order chi connectivity index (χ0) is 25.5. The highest BCUT2D eigenvalue weighted by Crippen LogP contribution is 2.43. The van der Waals surface area contributed by atoms with E-state index in [-0.39, 0.29) is 17.6 Å². The van der Waals surface area contributed by atoms with E-state index in [1.807, 2.05) is 53.1 Å². The number of rotatable bonds is 4. The van der Waals surface area contributed by atoms with Crippen molar-refractivity contribution in [3.8, 4) is 11.5 Å². The van der Waals surface area contributed by atoms with Crippen LogP contribution in [0.4, 0.5) is 0 Å². The molecule has 1 aliphatic carbocycles. The van der Waals surface area contributed by atoms with Gasteiger partial charge in [0.15, 0.2) is 4.80 Å². The minimum Gasteiger partial charge on any atom is -0.496 e. The first-order valence-corrected chi connectivity index (χ1v) is 12.9. The van der Waals surface area contributed by atoms with Crippen molar-refractivity contribution in [1.82, 2.24) is 4.57 Å². The number of carbonyl (C=O) groups is 1. The molecule has 0 bridgehead atoms. The maximum Gasteiger partial charge on any atom is 0.308 e. The lowest BCUT2D eigenvalue weighted by Crippen LogP contribution is -2.38. The summed E-state index contributed by atoms with van der Waals surface area (Å²) in [5.41, 5.74) is 6.19. The van der Waals surface area contributed by atoms with Crippen LogP contribution in [0.2, 0.25) is 0 Å². The van der Waals surface area contributed by atoms with E-state index in [4.69, 9.17) is 14.5 Å². The lowest BCUT2D eigenvalue weighted by molar-refractivity contribution is -0.131. The molecule has 184 valence electrons. The third-order valence-corrected chi connectivity index (χ3v) is 7.73. The summed E-state index contributed by atoms with van der Waals surface area (Å²) in [7, 11) is 1.66. The van der Waals surface area contributed by atoms with Crippen LogP contribution in [0.1, 0.15) is 41.6 Å². The topological polar surface area (TPSA) is 69.9 Å². The maximum atomic E-state index is 13.9. The van der Waals surface area contributed by atoms with Crippen LogP contribution < -0.4 is 24.4 Å². The molecule has 1 aliphatic heterocycles. The van der Waals surface area contributed by atoms with E-state index >= 15 is 0 Å². The number of ether oxygens (including phenoxy) is 2. The highest BCUT2D eigenvalue weighted by Gasteiger charge is 2.33. The van der Waals surface area contributed by atoms with Crippen LogP contribution in [0, 0.1) is 0 Å². The fourth-order valence-electron chi connectivity index (χ4n) is 5.14. The number of para-hydroxylation sites is 1. The average Bonchev–Trinajstić information content (AvgIpc) is 3.22. The molecule has 0 N–H and O–H groups in total. The number of thiazole rings is 1. The van der Waals surface area contributed by atoms with Crippen LogP contribution in [0.3, 0.4) is 0 Å². The first-order chi connectivity index (χ1) is 18.0. The van der Waals surface area contributed by atoms with Gasteiger partial charge in [-0.2, -0.15) is 0 Å². The predicted molar refractivity (Wildman–Crippen MR) is 143 cm³/mol. The minimum absolute atomic E-state index is 0.0888. The summed E-state index contributed by atoms with van der Waals surface area (Å²) in [6, 6.07) is 23.1. The van der Waals surface area contributed by atoms with Gasteiger partial charge in [0, 0.05) is 18.1 Å². The van der Waals surface area contributed by atoms with Gasteiger partial charge in [0.05, 0.1) is 23.4 Å². The summed E-state index contributed by atoms with van der Waals surface area (Å²) in [4.78, 5) is 30.8. The Morgan fingerprint density at radius 1 is 1.03 bits per heavy atom. The molecule has 0 spiro atoms. The maximum absolute atomic E-state index is 13.9. The zero-order valence-corrected chi connectivity index (χ0v) is 21.2. The predicted octanol–water partition coefficient (Wildman–Crippen LogP) is 4.25. The Balaban J connectivity index is 1.56. The smallest absolute Gasteiger partial charge is 0.308 e. The molecule has 0 fully saturated rings. The molecule has 0 unspecified atom stereocenters. The molecule has 2 aliphatic rings. The number of hydrogen-bond acceptors (Lipinski definition) is 6. The number of fused-ring (bicyclic) bond motifs is 3. The summed E-state index contributed by atoms with van der Waals surface area (Å²) in [6.45, 7) is 1.37. The third-order valence-electron chi connectivity index (χ3n) is 6.75. The Hall–Kier alpha value is -4.23. The van der Waals surface area contributed by atoms with Gasteiger partial charge in [-0.05, 0) is 53.8 Å². The molecule has 4 aromatic rings. The van der Waals surface area contributed by atoms with Crippen LogP contribution >= 0.6 is 11.3 Å². The van der Waals surface area contributed by atoms with Gasteiger partial charge in [-0.1, -0.05) is 65.9 Å². The van der Waals surface area contributed by atoms with E-state index in [1.165, 1.54) is 23.8 Å². The van der Waals surface area contributed by atoms with E-state index in [2.05, 4.69) is 18.2 Å². The van der Waals surface area contributed by atoms with Crippen molar-refractivity contribution in [3.63, 3.8) is 0 Å². The van der Waals surface area contributed by atoms with E-state index in [0.717, 1.165) is 46.6 Å². The SMILES string of the molecule is COc1ccccc1[C@@H]1C2=C(N=c3s/c(=C\c4ccc(OC(C)=O)cc4)c(=O)n31)c1ccccc1CC2. The molecular weight excluding hydrogens is 484 g/mol. The lowest BCUT2D eigenvalue weighted by Gasteiger charge is -2.31. The number of allylic oxidation sites excluding steroid dienone is 1. The molecule has 0 radical (unpaired) electrons. The number of benzene rings is 3. The molecule has 6 nitrogen and oxygen atoms in total. The summed E-state index contributed by atoms with van der Waals surface area (Å²) in [5.74, 6) is 0.840. The van der Waals surface area contributed by atoms with Crippen LogP contribution in [-0.2, 0) is 11.2 Å². The van der Waals surface area contributed by atoms with Gasteiger partial charge < -0.3 is 9.47 Å². The molecule has 0 amide bonds. The molecule has 0 saturated heterocycles. The van der Waals surface area contributed by atoms with Crippen LogP contribution in [0.15, 0.2) is 88.2 Å². The Labute approximate surface area is 217 Å². The van der Waals surface area contributed by atoms with E-state index in [9.17, 15) is 9.59 Å². The van der Waals surface area contributed by atoms with Crippen molar-refractivity contribution in [3.05, 3.63) is 120 Å². The highest BCUT2D eigenvalue weighted by molar-refractivity contribution is 7.07. The molecule has 7 heteroatoms. The van der Waals surface area contributed by atoms with Crippen molar-refractivity contribution in [2.75, 3.05) is 7.11 Å². The number of esters is 1. The van der Waals surface area contributed by atoms with E-state index in [0.29, 0.717) is 15.1 Å². The van der Waals surface area contributed by atoms with Crippen molar-refractivity contribution in [2.24, 2.45) is 4.99 Å². The normalized spacial score (nSPS) is 16.4. The summed E-state index contributed by atoms with van der Waals surface area (Å²) in [5, 5.41) is 0. The standard InChI is InChI=1S/C30H24N2O4S/c1-18(33)36-21-14-11-19(12-15-21)17-26-29(34)32-28(23-9-5-6-10-25(23)35-2)24-16-13-20-7-3-4-8-22(20)27(24)31-30(32)37-26/h3-12,14-15,17,28H,13,16H2,1-2H3/b26-17-/t28-/m1/s1. The summed E-state index contributed by atoms with van der Waals surface area (Å²) in [6.07, 6.45) is 3.58. The van der Waals surface area contributed by atoms with Gasteiger partial charge in [0.2, 0.25) is 0 Å². The Bertz CT molecular complexity index is 1750. The third kappa shape index (κ3) is 4.11. The van der Waals surface area contributed by atoms with Crippen LogP contribution in [0.5, 0.6) is 11.5 Å². The summed E-state index contributed by atoms with van der Waals surface area (Å²) < 4.78 is 13.3. The fourth-order valence-corrected chi connectivity index (χ4v) is 6.14. The number of hydrogen-bond donors (Lipinski definition) is 0. The van der Waals surface area contributed by atoms with Crippen molar-refractivity contribution < 1.29 is 14.3 Å². The van der Waals surface area contributed by atoms with Crippen molar-refractivity contribution in [2.45, 2.75) is 25.8 Å².